The first kappa shape index (κ1) is 51.2. The summed E-state index contributed by atoms with van der Waals surface area (Å²) in [5.74, 6) is 3.06. The largest absolute Gasteiger partial charge is 0.354 e. The van der Waals surface area contributed by atoms with E-state index < -0.39 is 0 Å². The van der Waals surface area contributed by atoms with Crippen LogP contribution in [-0.2, 0) is 0 Å². The highest BCUT2D eigenvalue weighted by molar-refractivity contribution is 6.37. The molecule has 8 nitrogen and oxygen atoms in total. The van der Waals surface area contributed by atoms with Crippen molar-refractivity contribution in [1.82, 2.24) is 39.5 Å². The van der Waals surface area contributed by atoms with Crippen LogP contribution in [0.15, 0.2) is 291 Å². The van der Waals surface area contributed by atoms with Gasteiger partial charge in [0.05, 0.1) is 16.6 Å². The van der Waals surface area contributed by atoms with E-state index in [-0.39, 0.29) is 5.28 Å². The predicted octanol–water partition coefficient (Wildman–Crippen LogP) is 20.4. The van der Waals surface area contributed by atoms with Gasteiger partial charge in [-0.05, 0) is 77.6 Å². The van der Waals surface area contributed by atoms with Crippen LogP contribution in [0.3, 0.4) is 0 Å². The zero-order chi connectivity index (χ0) is 57.8. The molecule has 0 aliphatic heterocycles. The van der Waals surface area contributed by atoms with Crippen LogP contribution >= 0.6 is 11.6 Å². The van der Waals surface area contributed by atoms with E-state index in [1.807, 2.05) is 121 Å². The van der Waals surface area contributed by atoms with E-state index in [1.54, 1.807) is 0 Å². The van der Waals surface area contributed by atoms with Crippen molar-refractivity contribution >= 4 is 120 Å². The molecule has 0 radical (unpaired) electrons. The molecule has 87 heavy (non-hydrogen) atoms. The van der Waals surface area contributed by atoms with Gasteiger partial charge in [-0.3, -0.25) is 4.57 Å². The summed E-state index contributed by atoms with van der Waals surface area (Å²) >= 11 is 5.99. The summed E-state index contributed by atoms with van der Waals surface area (Å²) in [6, 6.07) is 101. The van der Waals surface area contributed by atoms with E-state index in [0.717, 1.165) is 33.3 Å². The molecule has 18 aromatic rings. The van der Waals surface area contributed by atoms with Gasteiger partial charge in [-0.1, -0.05) is 279 Å². The second-order valence-electron chi connectivity index (χ2n) is 21.5. The minimum absolute atomic E-state index is 0.202. The van der Waals surface area contributed by atoms with Gasteiger partial charge in [0.1, 0.15) is 0 Å². The molecule has 9 heteroatoms. The lowest BCUT2D eigenvalue weighted by Crippen LogP contribution is -2.06. The molecule has 0 amide bonds. The summed E-state index contributed by atoms with van der Waals surface area (Å²) in [5, 5.41) is 20.5. The molecule has 0 bridgehead atoms. The van der Waals surface area contributed by atoms with Gasteiger partial charge < -0.3 is 4.98 Å². The lowest BCUT2D eigenvalue weighted by atomic mass is 9.93. The summed E-state index contributed by atoms with van der Waals surface area (Å²) < 4.78 is 2.24. The molecular formula is C78H49ClN8. The Morgan fingerprint density at radius 1 is 0.264 bits per heavy atom. The number of H-pyrrole nitrogens is 1. The minimum Gasteiger partial charge on any atom is -0.354 e. The Balaban J connectivity index is 0.000000117. The molecule has 0 aliphatic carbocycles. The molecule has 408 valence electrons. The monoisotopic (exact) mass is 1130 g/mol. The summed E-state index contributed by atoms with van der Waals surface area (Å²) in [6.07, 6.45) is 0. The van der Waals surface area contributed by atoms with Gasteiger partial charge in [-0.2, -0.15) is 19.9 Å². The van der Waals surface area contributed by atoms with Gasteiger partial charge in [-0.15, -0.1) is 0 Å². The second kappa shape index (κ2) is 21.6. The maximum Gasteiger partial charge on any atom is 0.238 e. The third-order valence-electron chi connectivity index (χ3n) is 16.5. The van der Waals surface area contributed by atoms with Gasteiger partial charge in [0.15, 0.2) is 23.3 Å². The van der Waals surface area contributed by atoms with Crippen LogP contribution in [0.25, 0.3) is 160 Å². The molecule has 0 spiro atoms. The number of hydrogen-bond acceptors (Lipinski definition) is 6. The van der Waals surface area contributed by atoms with Crippen molar-refractivity contribution in [2.75, 3.05) is 0 Å². The van der Waals surface area contributed by atoms with E-state index in [4.69, 9.17) is 26.6 Å². The lowest BCUT2D eigenvalue weighted by molar-refractivity contribution is 0.955. The van der Waals surface area contributed by atoms with Crippen LogP contribution < -0.4 is 0 Å². The predicted molar refractivity (Wildman–Crippen MR) is 362 cm³/mol. The van der Waals surface area contributed by atoms with Crippen LogP contribution in [-0.4, -0.2) is 39.5 Å². The fraction of sp³-hybridized carbons (Fsp3) is 0. The van der Waals surface area contributed by atoms with Crippen LogP contribution in [0.5, 0.6) is 0 Å². The van der Waals surface area contributed by atoms with Crippen molar-refractivity contribution in [2.45, 2.75) is 0 Å². The third kappa shape index (κ3) is 9.02. The van der Waals surface area contributed by atoms with Crippen LogP contribution in [0.1, 0.15) is 0 Å². The van der Waals surface area contributed by atoms with Crippen molar-refractivity contribution in [3.63, 3.8) is 0 Å². The van der Waals surface area contributed by atoms with E-state index >= 15 is 0 Å². The summed E-state index contributed by atoms with van der Waals surface area (Å²) in [6.45, 7) is 0. The molecule has 0 aliphatic rings. The smallest absolute Gasteiger partial charge is 0.238 e. The molecule has 0 saturated heterocycles. The van der Waals surface area contributed by atoms with E-state index in [9.17, 15) is 0 Å². The molecule has 4 heterocycles. The van der Waals surface area contributed by atoms with Crippen LogP contribution in [0, 0.1) is 0 Å². The Bertz CT molecular complexity index is 5540. The molecule has 0 unspecified atom stereocenters. The average molecular weight is 1130 g/mol. The number of rotatable bonds is 5. The molecule has 0 saturated carbocycles. The van der Waals surface area contributed by atoms with Crippen LogP contribution in [0.2, 0.25) is 5.28 Å². The fourth-order valence-electron chi connectivity index (χ4n) is 12.6. The number of nitrogens with zero attached hydrogens (tertiary/aromatic N) is 7. The zero-order valence-corrected chi connectivity index (χ0v) is 47.5. The molecule has 4 aromatic heterocycles. The van der Waals surface area contributed by atoms with Crippen molar-refractivity contribution < 1.29 is 0 Å². The van der Waals surface area contributed by atoms with Gasteiger partial charge in [0.2, 0.25) is 11.2 Å². The normalized spacial score (nSPS) is 11.5. The van der Waals surface area contributed by atoms with Crippen molar-refractivity contribution in [3.8, 4) is 51.5 Å². The number of benzene rings is 14. The molecule has 0 fully saturated rings. The maximum absolute atomic E-state index is 5.99. The number of fused-ring (bicyclic) bond motifs is 20. The van der Waals surface area contributed by atoms with E-state index in [0.29, 0.717) is 29.2 Å². The Kier molecular flexibility index (Phi) is 12.7. The van der Waals surface area contributed by atoms with Gasteiger partial charge in [0.25, 0.3) is 0 Å². The number of hydrogen-bond donors (Lipinski definition) is 1. The van der Waals surface area contributed by atoms with Gasteiger partial charge in [0, 0.05) is 60.1 Å². The lowest BCUT2D eigenvalue weighted by Gasteiger charge is -2.14. The molecule has 18 rings (SSSR count). The SMILES string of the molecule is Clc1nc(-c2ccccc2)nc(-c2ccccc2)n1.c1ccc(-c2nc(-c3ccccc3)nc(-n3c4ccccc4c4c5ccc6ccccc6c5c5ccccc5c43)n2)cc1.c1ccc2c(c1)ccc1c2c2ccccc2c2[nH]c3ccccc3c12. The first-order valence-corrected chi connectivity index (χ1v) is 29.3. The topological polar surface area (TPSA) is 98.1 Å². The average Bonchev–Trinajstić information content (AvgIpc) is 1.71. The number of nitrogens with one attached hydrogen (secondary N) is 1. The summed E-state index contributed by atoms with van der Waals surface area (Å²) in [4.78, 5) is 31.7. The van der Waals surface area contributed by atoms with Gasteiger partial charge >= 0.3 is 0 Å². The molecule has 14 aromatic carbocycles. The molecule has 0 atom stereocenters. The van der Waals surface area contributed by atoms with Crippen molar-refractivity contribution in [2.24, 2.45) is 0 Å². The quantitative estimate of drug-likeness (QED) is 0.172. The van der Waals surface area contributed by atoms with Crippen LogP contribution in [0.4, 0.5) is 0 Å². The summed E-state index contributed by atoms with van der Waals surface area (Å²) in [5.41, 5.74) is 8.34. The highest BCUT2D eigenvalue weighted by atomic mass is 35.5. The maximum atomic E-state index is 5.99. The van der Waals surface area contributed by atoms with Crippen molar-refractivity contribution in [3.05, 3.63) is 296 Å². The Hall–Kier alpha value is -11.5. The number of aromatic nitrogens is 8. The Morgan fingerprint density at radius 2 is 0.644 bits per heavy atom. The van der Waals surface area contributed by atoms with E-state index in [1.165, 1.54) is 97.2 Å². The number of para-hydroxylation sites is 2. The zero-order valence-electron chi connectivity index (χ0n) is 46.7. The Morgan fingerprint density at radius 3 is 1.16 bits per heavy atom. The first-order valence-electron chi connectivity index (χ1n) is 29.0. The molecule has 1 N–H and O–H groups in total. The van der Waals surface area contributed by atoms with Gasteiger partial charge in [-0.25, -0.2) is 9.97 Å². The minimum atomic E-state index is 0.202. The molecular weight excluding hydrogens is 1080 g/mol. The fourth-order valence-corrected chi connectivity index (χ4v) is 12.8. The highest BCUT2D eigenvalue weighted by Gasteiger charge is 2.23. The standard InChI is InChI=1S/C39H24N4.C24H15N.C15H10ClN3/c1-3-14-26(15-4-1)37-40-38(27-16-5-2-6-17-27)42-39(41-37)43-33-22-12-11-21-31(33)35-32-24-23-25-13-7-8-18-28(25)34(32)29-19-9-10-20-30(29)36(35)43;1-2-8-16-15(7-1)13-14-20-22(16)17-9-3-4-10-18(17)24-23(20)19-11-5-6-12-21(19)25-24;16-15-18-13(11-7-3-1-4-8-11)17-14(19-15)12-9-5-2-6-10-12/h1-24H;1-14,25H;1-10H. The van der Waals surface area contributed by atoms with E-state index in [2.05, 4.69) is 194 Å². The first-order chi connectivity index (χ1) is 43.1. The highest BCUT2D eigenvalue weighted by Crippen LogP contribution is 2.45. The number of aromatic amines is 1. The summed E-state index contributed by atoms with van der Waals surface area (Å²) in [7, 11) is 0. The Labute approximate surface area is 504 Å². The second-order valence-corrected chi connectivity index (χ2v) is 21.8. The third-order valence-corrected chi connectivity index (χ3v) is 16.6. The number of halogens is 1. The van der Waals surface area contributed by atoms with Crippen molar-refractivity contribution in [1.29, 1.82) is 0 Å².